The summed E-state index contributed by atoms with van der Waals surface area (Å²) < 4.78 is 68.9. The van der Waals surface area contributed by atoms with E-state index in [0.29, 0.717) is 22.5 Å². The highest BCUT2D eigenvalue weighted by Crippen LogP contribution is 2.37. The first-order valence-corrected chi connectivity index (χ1v) is 14.3. The van der Waals surface area contributed by atoms with Crippen LogP contribution in [0.1, 0.15) is 31.4 Å². The largest absolute Gasteiger partial charge is 0.416 e. The van der Waals surface area contributed by atoms with Gasteiger partial charge in [0.05, 0.1) is 21.2 Å². The number of benzene rings is 3. The summed E-state index contributed by atoms with van der Waals surface area (Å²) >= 11 is 6.25. The fourth-order valence-electron chi connectivity index (χ4n) is 4.10. The molecule has 0 bridgehead atoms. The Balaban J connectivity index is 2.14. The number of hydrogen-bond acceptors (Lipinski definition) is 4. The third kappa shape index (κ3) is 7.33. The van der Waals surface area contributed by atoms with Crippen molar-refractivity contribution in [1.82, 2.24) is 10.2 Å². The lowest BCUT2D eigenvalue weighted by Gasteiger charge is -2.33. The van der Waals surface area contributed by atoms with Crippen LogP contribution in [-0.2, 0) is 32.3 Å². The van der Waals surface area contributed by atoms with Crippen LogP contribution >= 0.6 is 11.6 Å². The van der Waals surface area contributed by atoms with E-state index in [-0.39, 0.29) is 22.9 Å². The summed E-state index contributed by atoms with van der Waals surface area (Å²) in [5.74, 6) is -1.24. The summed E-state index contributed by atoms with van der Waals surface area (Å²) in [6.07, 6.45) is -4.59. The monoisotopic (exact) mass is 595 g/mol. The Morgan fingerprint density at radius 3 is 2.10 bits per heavy atom. The maximum absolute atomic E-state index is 13.9. The van der Waals surface area contributed by atoms with Crippen molar-refractivity contribution < 1.29 is 31.2 Å². The summed E-state index contributed by atoms with van der Waals surface area (Å²) in [6, 6.07) is 17.1. The number of amides is 2. The van der Waals surface area contributed by atoms with Crippen molar-refractivity contribution in [3.8, 4) is 0 Å². The number of carbonyl (C=O) groups excluding carboxylic acids is 2. The molecule has 3 aromatic carbocycles. The van der Waals surface area contributed by atoms with Crippen LogP contribution in [0.2, 0.25) is 5.02 Å². The van der Waals surface area contributed by atoms with Crippen LogP contribution in [0.3, 0.4) is 0 Å². The highest BCUT2D eigenvalue weighted by molar-refractivity contribution is 7.92. The molecule has 0 radical (unpaired) electrons. The number of anilines is 1. The molecule has 0 saturated carbocycles. The van der Waals surface area contributed by atoms with Gasteiger partial charge in [-0.15, -0.1) is 0 Å². The highest BCUT2D eigenvalue weighted by Gasteiger charge is 2.36. The first kappa shape index (κ1) is 31.0. The number of nitrogens with one attached hydrogen (secondary N) is 1. The van der Waals surface area contributed by atoms with Crippen LogP contribution in [0.25, 0.3) is 0 Å². The zero-order valence-electron chi connectivity index (χ0n) is 21.9. The Kier molecular flexibility index (Phi) is 10.2. The number of halogens is 4. The van der Waals surface area contributed by atoms with E-state index in [1.54, 1.807) is 50.2 Å². The molecule has 0 saturated heterocycles. The lowest BCUT2D eigenvalue weighted by Crippen LogP contribution is -2.52. The lowest BCUT2D eigenvalue weighted by atomic mass is 10.1. The molecule has 0 aromatic heterocycles. The molecule has 0 heterocycles. The standard InChI is InChI=1S/C28H29ClF3N3O4S/c1-3-24(27(37)33-4-2)34(18-20-11-7-5-8-12-20)26(36)19-35(40(38,39)22-13-9-6-10-14-22)25-17-21(28(30,31)32)15-16-23(25)29/h5-17,24H,3-4,18-19H2,1-2H3,(H,33,37)/t24-/m0/s1. The minimum Gasteiger partial charge on any atom is -0.355 e. The SMILES string of the molecule is CCNC(=O)[C@H](CC)N(Cc1ccccc1)C(=O)CN(c1cc(C(F)(F)F)ccc1Cl)S(=O)(=O)c1ccccc1. The predicted molar refractivity (Wildman–Crippen MR) is 147 cm³/mol. The molecule has 0 fully saturated rings. The van der Waals surface area contributed by atoms with Gasteiger partial charge in [-0.3, -0.25) is 13.9 Å². The zero-order valence-corrected chi connectivity index (χ0v) is 23.4. The Labute approximate surface area is 236 Å². The van der Waals surface area contributed by atoms with Crippen LogP contribution in [0, 0.1) is 0 Å². The average Bonchev–Trinajstić information content (AvgIpc) is 2.92. The number of sulfonamides is 1. The van der Waals surface area contributed by atoms with Crippen LogP contribution in [0.5, 0.6) is 0 Å². The molecular formula is C28H29ClF3N3O4S. The molecule has 0 aliphatic heterocycles. The molecule has 1 atom stereocenters. The maximum Gasteiger partial charge on any atom is 0.416 e. The Bertz CT molecular complexity index is 1420. The van der Waals surface area contributed by atoms with Gasteiger partial charge in [0.1, 0.15) is 12.6 Å². The van der Waals surface area contributed by atoms with Crippen molar-refractivity contribution in [1.29, 1.82) is 0 Å². The fourth-order valence-corrected chi connectivity index (χ4v) is 5.82. The van der Waals surface area contributed by atoms with E-state index in [4.69, 9.17) is 11.6 Å². The van der Waals surface area contributed by atoms with E-state index in [1.807, 2.05) is 0 Å². The van der Waals surface area contributed by atoms with Gasteiger partial charge in [-0.1, -0.05) is 67.1 Å². The third-order valence-electron chi connectivity index (χ3n) is 6.08. The van der Waals surface area contributed by atoms with Gasteiger partial charge in [0, 0.05) is 13.1 Å². The number of likely N-dealkylation sites (N-methyl/N-ethyl adjacent to an activating group) is 1. The van der Waals surface area contributed by atoms with Crippen LogP contribution in [0.15, 0.2) is 83.8 Å². The Morgan fingerprint density at radius 2 is 1.55 bits per heavy atom. The molecule has 7 nitrogen and oxygen atoms in total. The molecule has 0 unspecified atom stereocenters. The van der Waals surface area contributed by atoms with Crippen LogP contribution < -0.4 is 9.62 Å². The number of rotatable bonds is 11. The number of nitrogens with zero attached hydrogens (tertiary/aromatic N) is 2. The average molecular weight is 596 g/mol. The van der Waals surface area contributed by atoms with Crippen molar-refractivity contribution >= 4 is 39.1 Å². The summed E-state index contributed by atoms with van der Waals surface area (Å²) in [6.45, 7) is 2.79. The molecule has 3 aromatic rings. The molecule has 2 amide bonds. The van der Waals surface area contributed by atoms with Crippen molar-refractivity contribution in [2.24, 2.45) is 0 Å². The molecule has 3 rings (SSSR count). The topological polar surface area (TPSA) is 86.8 Å². The molecule has 1 N–H and O–H groups in total. The molecule has 40 heavy (non-hydrogen) atoms. The van der Waals surface area contributed by atoms with Gasteiger partial charge in [0.15, 0.2) is 0 Å². The summed E-state index contributed by atoms with van der Waals surface area (Å²) in [7, 11) is -4.57. The minimum atomic E-state index is -4.80. The second-order valence-electron chi connectivity index (χ2n) is 8.81. The maximum atomic E-state index is 13.9. The molecule has 0 aliphatic carbocycles. The summed E-state index contributed by atoms with van der Waals surface area (Å²) in [5.41, 5.74) is -0.977. The number of alkyl halides is 3. The van der Waals surface area contributed by atoms with Gasteiger partial charge in [-0.05, 0) is 49.2 Å². The van der Waals surface area contributed by atoms with E-state index in [2.05, 4.69) is 5.32 Å². The van der Waals surface area contributed by atoms with Gasteiger partial charge in [0.25, 0.3) is 10.0 Å². The lowest BCUT2D eigenvalue weighted by molar-refractivity contribution is -0.140. The summed E-state index contributed by atoms with van der Waals surface area (Å²) in [5, 5.41) is 2.38. The van der Waals surface area contributed by atoms with Crippen molar-refractivity contribution in [2.45, 2.75) is 43.9 Å². The van der Waals surface area contributed by atoms with E-state index < -0.39 is 51.9 Å². The third-order valence-corrected chi connectivity index (χ3v) is 8.18. The van der Waals surface area contributed by atoms with Crippen molar-refractivity contribution in [2.75, 3.05) is 17.4 Å². The zero-order chi connectivity index (χ0) is 29.5. The molecular weight excluding hydrogens is 567 g/mol. The predicted octanol–water partition coefficient (Wildman–Crippen LogP) is 5.50. The highest BCUT2D eigenvalue weighted by atomic mass is 35.5. The van der Waals surface area contributed by atoms with Gasteiger partial charge in [-0.25, -0.2) is 8.42 Å². The normalized spacial score (nSPS) is 12.4. The van der Waals surface area contributed by atoms with Gasteiger partial charge < -0.3 is 10.2 Å². The van der Waals surface area contributed by atoms with Gasteiger partial charge >= 0.3 is 6.18 Å². The van der Waals surface area contributed by atoms with Gasteiger partial charge in [0.2, 0.25) is 11.8 Å². The van der Waals surface area contributed by atoms with Crippen LogP contribution in [0.4, 0.5) is 18.9 Å². The van der Waals surface area contributed by atoms with E-state index in [9.17, 15) is 31.2 Å². The second kappa shape index (κ2) is 13.2. The van der Waals surface area contributed by atoms with Crippen molar-refractivity contribution in [3.05, 3.63) is 95.0 Å². The van der Waals surface area contributed by atoms with E-state index >= 15 is 0 Å². The second-order valence-corrected chi connectivity index (χ2v) is 11.1. The first-order valence-electron chi connectivity index (χ1n) is 12.5. The molecule has 0 aliphatic rings. The Hall–Kier alpha value is -3.57. The van der Waals surface area contributed by atoms with Crippen molar-refractivity contribution in [3.63, 3.8) is 0 Å². The first-order chi connectivity index (χ1) is 18.9. The number of hydrogen-bond donors (Lipinski definition) is 1. The van der Waals surface area contributed by atoms with E-state index in [0.717, 1.165) is 12.1 Å². The van der Waals surface area contributed by atoms with Crippen LogP contribution in [-0.4, -0.2) is 44.3 Å². The summed E-state index contributed by atoms with van der Waals surface area (Å²) in [4.78, 5) is 27.8. The quantitative estimate of drug-likeness (QED) is 0.317. The van der Waals surface area contributed by atoms with E-state index in [1.165, 1.54) is 29.2 Å². The molecule has 12 heteroatoms. The minimum absolute atomic E-state index is 0.0368. The smallest absolute Gasteiger partial charge is 0.355 e. The van der Waals surface area contributed by atoms with Gasteiger partial charge in [-0.2, -0.15) is 13.2 Å². The molecule has 0 spiro atoms. The fraction of sp³-hybridized carbons (Fsp3) is 0.286. The number of carbonyl (C=O) groups is 2. The molecule has 214 valence electrons. The Morgan fingerprint density at radius 1 is 0.950 bits per heavy atom.